The highest BCUT2D eigenvalue weighted by atomic mass is 16.3. The quantitative estimate of drug-likeness (QED) is 0.392. The molecule has 0 radical (unpaired) electrons. The van der Waals surface area contributed by atoms with Gasteiger partial charge in [-0.05, 0) is 81.8 Å². The first-order valence-electron chi connectivity index (χ1n) is 11.8. The monoisotopic (exact) mass is 502 g/mol. The van der Waals surface area contributed by atoms with Crippen molar-refractivity contribution < 1.29 is 19.1 Å². The van der Waals surface area contributed by atoms with Gasteiger partial charge in [0.05, 0.1) is 0 Å². The summed E-state index contributed by atoms with van der Waals surface area (Å²) >= 11 is 0. The molecule has 4 aromatic rings. The largest absolute Gasteiger partial charge is 0.508 e. The summed E-state index contributed by atoms with van der Waals surface area (Å²) in [6.07, 6.45) is 0. The number of carbonyl (C=O) groups is 2. The Morgan fingerprint density at radius 2 is 1.70 bits per heavy atom. The lowest BCUT2D eigenvalue weighted by Crippen LogP contribution is -2.50. The predicted molar refractivity (Wildman–Crippen MR) is 138 cm³/mol. The maximum Gasteiger partial charge on any atom is 0.251 e. The van der Waals surface area contributed by atoms with E-state index in [-0.39, 0.29) is 24.0 Å². The summed E-state index contributed by atoms with van der Waals surface area (Å²) in [6.45, 7) is 9.09. The van der Waals surface area contributed by atoms with Gasteiger partial charge in [0.25, 0.3) is 5.91 Å². The summed E-state index contributed by atoms with van der Waals surface area (Å²) in [7, 11) is 0. The molecule has 0 bridgehead atoms. The molecule has 10 nitrogen and oxygen atoms in total. The number of anilines is 1. The summed E-state index contributed by atoms with van der Waals surface area (Å²) in [6, 6.07) is 16.0. The zero-order valence-corrected chi connectivity index (χ0v) is 21.5. The van der Waals surface area contributed by atoms with E-state index in [0.717, 1.165) is 5.56 Å². The van der Waals surface area contributed by atoms with Crippen LogP contribution in [-0.2, 0) is 16.1 Å². The van der Waals surface area contributed by atoms with E-state index in [1.807, 2.05) is 46.8 Å². The summed E-state index contributed by atoms with van der Waals surface area (Å²) < 4.78 is 5.55. The highest BCUT2D eigenvalue weighted by molar-refractivity contribution is 6.01. The Morgan fingerprint density at radius 3 is 2.30 bits per heavy atom. The van der Waals surface area contributed by atoms with Crippen LogP contribution in [0.3, 0.4) is 0 Å². The molecule has 10 heteroatoms. The topological polar surface area (TPSA) is 126 Å². The summed E-state index contributed by atoms with van der Waals surface area (Å²) in [5.74, 6) is 0.659. The predicted octanol–water partition coefficient (Wildman–Crippen LogP) is 3.94. The van der Waals surface area contributed by atoms with E-state index in [1.165, 1.54) is 21.8 Å². The van der Waals surface area contributed by atoms with Crippen LogP contribution in [0.2, 0.25) is 0 Å². The number of aryl methyl sites for hydroxylation is 2. The number of amides is 2. The lowest BCUT2D eigenvalue weighted by Gasteiger charge is -2.33. The Balaban J connectivity index is 1.74. The second-order valence-corrected chi connectivity index (χ2v) is 9.89. The normalized spacial score (nSPS) is 12.2. The fourth-order valence-corrected chi connectivity index (χ4v) is 3.82. The second-order valence-electron chi connectivity index (χ2n) is 9.89. The molecule has 2 amide bonds. The fourth-order valence-electron chi connectivity index (χ4n) is 3.82. The van der Waals surface area contributed by atoms with Gasteiger partial charge in [0.1, 0.15) is 24.1 Å². The first-order chi connectivity index (χ1) is 17.5. The van der Waals surface area contributed by atoms with Crippen molar-refractivity contribution in [3.05, 3.63) is 77.6 Å². The molecule has 2 aromatic heterocycles. The van der Waals surface area contributed by atoms with Gasteiger partial charge in [0, 0.05) is 11.2 Å². The van der Waals surface area contributed by atoms with Crippen molar-refractivity contribution in [2.45, 2.75) is 52.7 Å². The number of tetrazole rings is 1. The lowest BCUT2D eigenvalue weighted by atomic mass is 10.0. The Morgan fingerprint density at radius 1 is 1.03 bits per heavy atom. The van der Waals surface area contributed by atoms with Crippen LogP contribution in [0.25, 0.3) is 11.6 Å². The van der Waals surface area contributed by atoms with Crippen molar-refractivity contribution in [3.8, 4) is 17.3 Å². The number of hydrogen-bond acceptors (Lipinski definition) is 7. The van der Waals surface area contributed by atoms with Gasteiger partial charge in [-0.15, -0.1) is 10.2 Å². The van der Waals surface area contributed by atoms with Gasteiger partial charge < -0.3 is 14.8 Å². The van der Waals surface area contributed by atoms with Crippen LogP contribution in [0.1, 0.15) is 43.7 Å². The first-order valence-corrected chi connectivity index (χ1v) is 11.8. The molecule has 0 saturated carbocycles. The third-order valence-corrected chi connectivity index (χ3v) is 5.48. The third-order valence-electron chi connectivity index (χ3n) is 5.48. The van der Waals surface area contributed by atoms with Gasteiger partial charge in [0.2, 0.25) is 11.7 Å². The Hall–Kier alpha value is -4.47. The minimum atomic E-state index is -1.02. The van der Waals surface area contributed by atoms with E-state index < -0.39 is 17.5 Å². The maximum absolute atomic E-state index is 13.8. The number of nitrogens with zero attached hydrogens (tertiary/aromatic N) is 5. The van der Waals surface area contributed by atoms with E-state index in [1.54, 1.807) is 36.4 Å². The fraction of sp³-hybridized carbons (Fsp3) is 0.296. The average Bonchev–Trinajstić information content (AvgIpc) is 3.46. The van der Waals surface area contributed by atoms with Gasteiger partial charge in [0.15, 0.2) is 5.76 Å². The van der Waals surface area contributed by atoms with E-state index in [4.69, 9.17) is 4.42 Å². The molecular formula is C27H30N6O4. The minimum Gasteiger partial charge on any atom is -0.508 e. The third kappa shape index (κ3) is 6.21. The van der Waals surface area contributed by atoms with Gasteiger partial charge in [-0.25, -0.2) is 0 Å². The molecule has 0 aliphatic carbocycles. The molecule has 0 aliphatic rings. The number of aromatic hydroxyl groups is 1. The molecular weight excluding hydrogens is 472 g/mol. The second kappa shape index (κ2) is 10.3. The lowest BCUT2D eigenvalue weighted by molar-refractivity contribution is -0.128. The van der Waals surface area contributed by atoms with E-state index >= 15 is 0 Å². The van der Waals surface area contributed by atoms with Crippen LogP contribution < -0.4 is 10.2 Å². The Kier molecular flexibility index (Phi) is 7.10. The number of benzene rings is 2. The molecule has 2 heterocycles. The number of hydrogen-bond donors (Lipinski definition) is 2. The number of aromatic nitrogens is 4. The minimum absolute atomic E-state index is 0.0550. The number of nitrogens with one attached hydrogen (secondary N) is 1. The first kappa shape index (κ1) is 25.6. The average molecular weight is 503 g/mol. The number of furan rings is 1. The molecule has 4 rings (SSSR count). The van der Waals surface area contributed by atoms with Crippen LogP contribution >= 0.6 is 0 Å². The van der Waals surface area contributed by atoms with Crippen molar-refractivity contribution in [2.24, 2.45) is 0 Å². The maximum atomic E-state index is 13.8. The zero-order valence-electron chi connectivity index (χ0n) is 21.5. The van der Waals surface area contributed by atoms with Crippen LogP contribution in [0.5, 0.6) is 5.75 Å². The van der Waals surface area contributed by atoms with Crippen molar-refractivity contribution in [1.29, 1.82) is 0 Å². The summed E-state index contributed by atoms with van der Waals surface area (Å²) in [4.78, 5) is 30.1. The number of phenolic OH excluding ortho intramolecular Hbond substituents is 1. The van der Waals surface area contributed by atoms with Gasteiger partial charge in [-0.2, -0.15) is 4.80 Å². The Labute approximate surface area is 214 Å². The van der Waals surface area contributed by atoms with E-state index in [2.05, 4.69) is 20.7 Å². The van der Waals surface area contributed by atoms with Gasteiger partial charge in [-0.3, -0.25) is 14.5 Å². The molecule has 0 fully saturated rings. The highest BCUT2D eigenvalue weighted by Gasteiger charge is 2.35. The molecule has 2 aromatic carbocycles. The van der Waals surface area contributed by atoms with Gasteiger partial charge in [-0.1, -0.05) is 29.8 Å². The van der Waals surface area contributed by atoms with E-state index in [0.29, 0.717) is 22.8 Å². The number of carbonyl (C=O) groups excluding carboxylic acids is 2. The number of phenols is 1. The van der Waals surface area contributed by atoms with Crippen molar-refractivity contribution >= 4 is 17.5 Å². The molecule has 0 spiro atoms. The highest BCUT2D eigenvalue weighted by Crippen LogP contribution is 2.30. The number of rotatable bonds is 7. The molecule has 0 saturated heterocycles. The van der Waals surface area contributed by atoms with Crippen molar-refractivity contribution in [2.75, 3.05) is 4.90 Å². The zero-order chi connectivity index (χ0) is 26.7. The standard InChI is InChI=1S/C27H30N6O4/c1-17-6-11-20(12-7-17)33(23(35)16-32-30-25(29-31-32)22-15-8-18(2)37-22)24(26(36)28-27(3,4)5)19-9-13-21(34)14-10-19/h6-15,24,34H,16H2,1-5H3,(H,28,36)/t24-/m0/s1. The smallest absolute Gasteiger partial charge is 0.251 e. The molecule has 0 aliphatic heterocycles. The molecule has 1 atom stereocenters. The molecule has 192 valence electrons. The molecule has 37 heavy (non-hydrogen) atoms. The Bertz CT molecular complexity index is 1380. The van der Waals surface area contributed by atoms with E-state index in [9.17, 15) is 14.7 Å². The SMILES string of the molecule is Cc1ccc(N(C(=O)Cn2nnc(-c3ccc(C)o3)n2)[C@H](C(=O)NC(C)(C)C)c2ccc(O)cc2)cc1. The van der Waals surface area contributed by atoms with Crippen LogP contribution in [0, 0.1) is 13.8 Å². The van der Waals surface area contributed by atoms with Crippen molar-refractivity contribution in [1.82, 2.24) is 25.5 Å². The summed E-state index contributed by atoms with van der Waals surface area (Å²) in [5, 5.41) is 25.1. The van der Waals surface area contributed by atoms with Crippen molar-refractivity contribution in [3.63, 3.8) is 0 Å². The van der Waals surface area contributed by atoms with Crippen LogP contribution in [-0.4, -0.2) is 42.7 Å². The molecule has 2 N–H and O–H groups in total. The molecule has 0 unspecified atom stereocenters. The van der Waals surface area contributed by atoms with Gasteiger partial charge >= 0.3 is 0 Å². The van der Waals surface area contributed by atoms with Crippen LogP contribution in [0.4, 0.5) is 5.69 Å². The van der Waals surface area contributed by atoms with Crippen LogP contribution in [0.15, 0.2) is 65.1 Å². The summed E-state index contributed by atoms with van der Waals surface area (Å²) in [5.41, 5.74) is 1.52.